The number of carbonyl (C=O) groups excluding carboxylic acids is 2. The molecule has 0 aliphatic rings. The minimum atomic E-state index is -0.542. The van der Waals surface area contributed by atoms with Gasteiger partial charge in [0.2, 0.25) is 0 Å². The second-order valence-corrected chi connectivity index (χ2v) is 6.71. The molecule has 0 bridgehead atoms. The minimum absolute atomic E-state index is 0.131. The van der Waals surface area contributed by atoms with E-state index in [9.17, 15) is 9.59 Å². The summed E-state index contributed by atoms with van der Waals surface area (Å²) < 4.78 is 7.00. The van der Waals surface area contributed by atoms with Crippen LogP contribution in [-0.4, -0.2) is 16.6 Å². The van der Waals surface area contributed by atoms with Crippen molar-refractivity contribution in [3.8, 4) is 0 Å². The van der Waals surface area contributed by atoms with Crippen LogP contribution < -0.4 is 10.6 Å². The number of anilines is 1. The van der Waals surface area contributed by atoms with Gasteiger partial charge in [0.15, 0.2) is 0 Å². The van der Waals surface area contributed by atoms with Crippen molar-refractivity contribution in [1.29, 1.82) is 0 Å². The highest BCUT2D eigenvalue weighted by Crippen LogP contribution is 2.12. The molecule has 0 radical (unpaired) electrons. The first-order valence-corrected chi connectivity index (χ1v) is 9.05. The Bertz CT molecular complexity index is 950. The second kappa shape index (κ2) is 9.10. The van der Waals surface area contributed by atoms with Gasteiger partial charge in [0.05, 0.1) is 5.56 Å². The van der Waals surface area contributed by atoms with Gasteiger partial charge < -0.3 is 14.6 Å². The van der Waals surface area contributed by atoms with E-state index in [1.807, 2.05) is 29.9 Å². The highest BCUT2D eigenvalue weighted by Gasteiger charge is 2.07. The Morgan fingerprint density at radius 2 is 1.68 bits per heavy atom. The van der Waals surface area contributed by atoms with Crippen molar-refractivity contribution in [2.45, 2.75) is 13.2 Å². The second-order valence-electron chi connectivity index (χ2n) is 6.27. The first kappa shape index (κ1) is 19.5. The highest BCUT2D eigenvalue weighted by molar-refractivity contribution is 6.30. The molecule has 2 aromatic carbocycles. The van der Waals surface area contributed by atoms with Gasteiger partial charge in [0, 0.05) is 36.7 Å². The Hall–Kier alpha value is -3.25. The topological polar surface area (TPSA) is 72.4 Å². The van der Waals surface area contributed by atoms with Crippen LogP contribution in [0.3, 0.4) is 0 Å². The molecule has 0 atom stereocenters. The molecule has 7 heteroatoms. The van der Waals surface area contributed by atoms with Gasteiger partial charge in [-0.1, -0.05) is 35.9 Å². The minimum Gasteiger partial charge on any atom is -0.444 e. The number of nitrogens with zero attached hydrogens (tertiary/aromatic N) is 1. The first-order valence-electron chi connectivity index (χ1n) is 8.67. The van der Waals surface area contributed by atoms with E-state index in [4.69, 9.17) is 16.3 Å². The van der Waals surface area contributed by atoms with E-state index in [2.05, 4.69) is 10.6 Å². The number of ether oxygens (including phenoxy) is 1. The van der Waals surface area contributed by atoms with Crippen molar-refractivity contribution in [3.05, 3.63) is 88.7 Å². The van der Waals surface area contributed by atoms with Gasteiger partial charge in [-0.15, -0.1) is 0 Å². The quantitative estimate of drug-likeness (QED) is 0.649. The van der Waals surface area contributed by atoms with E-state index in [0.717, 1.165) is 11.1 Å². The fraction of sp³-hybridized carbons (Fsp3) is 0.143. The molecule has 3 rings (SSSR count). The van der Waals surface area contributed by atoms with Crippen LogP contribution in [0.5, 0.6) is 0 Å². The largest absolute Gasteiger partial charge is 0.444 e. The predicted molar refractivity (Wildman–Crippen MR) is 108 cm³/mol. The SMILES string of the molecule is Cn1ccc(C(=O)NCc2ccc(NC(=O)OCc3ccc(Cl)cc3)cc2)c1. The van der Waals surface area contributed by atoms with E-state index >= 15 is 0 Å². The van der Waals surface area contributed by atoms with Gasteiger partial charge in [-0.3, -0.25) is 10.1 Å². The number of nitrogens with one attached hydrogen (secondary N) is 2. The standard InChI is InChI=1S/C21H20ClN3O3/c1-25-11-10-17(13-25)20(26)23-12-15-4-8-19(9-5-15)24-21(27)28-14-16-2-6-18(22)7-3-16/h2-11,13H,12,14H2,1H3,(H,23,26)(H,24,27). The average molecular weight is 398 g/mol. The Morgan fingerprint density at radius 1 is 1.00 bits per heavy atom. The van der Waals surface area contributed by atoms with E-state index < -0.39 is 6.09 Å². The van der Waals surface area contributed by atoms with Crippen molar-refractivity contribution in [2.24, 2.45) is 7.05 Å². The average Bonchev–Trinajstić information content (AvgIpc) is 3.13. The summed E-state index contributed by atoms with van der Waals surface area (Å²) in [5, 5.41) is 6.16. The molecular formula is C21H20ClN3O3. The smallest absolute Gasteiger partial charge is 0.411 e. The molecule has 144 valence electrons. The summed E-state index contributed by atoms with van der Waals surface area (Å²) in [5.41, 5.74) is 3.00. The van der Waals surface area contributed by atoms with Crippen molar-refractivity contribution >= 4 is 29.3 Å². The molecule has 1 heterocycles. The lowest BCUT2D eigenvalue weighted by Gasteiger charge is -2.09. The van der Waals surface area contributed by atoms with E-state index in [1.54, 1.807) is 48.7 Å². The Morgan fingerprint density at radius 3 is 2.32 bits per heavy atom. The lowest BCUT2D eigenvalue weighted by atomic mass is 10.2. The molecule has 2 N–H and O–H groups in total. The Labute approximate surface area is 168 Å². The van der Waals surface area contributed by atoms with Gasteiger partial charge in [-0.2, -0.15) is 0 Å². The molecule has 0 fully saturated rings. The van der Waals surface area contributed by atoms with Crippen LogP contribution in [0, 0.1) is 0 Å². The zero-order chi connectivity index (χ0) is 19.9. The van der Waals surface area contributed by atoms with Gasteiger partial charge in [0.1, 0.15) is 6.61 Å². The fourth-order valence-electron chi connectivity index (χ4n) is 2.51. The van der Waals surface area contributed by atoms with Gasteiger partial charge in [-0.25, -0.2) is 4.79 Å². The lowest BCUT2D eigenvalue weighted by molar-refractivity contribution is 0.0951. The number of rotatable bonds is 6. The molecule has 1 aromatic heterocycles. The molecule has 0 saturated heterocycles. The predicted octanol–water partition coefficient (Wildman–Crippen LogP) is 4.36. The van der Waals surface area contributed by atoms with Crippen LogP contribution in [0.2, 0.25) is 5.02 Å². The number of carbonyl (C=O) groups is 2. The van der Waals surface area contributed by atoms with Gasteiger partial charge >= 0.3 is 6.09 Å². The molecular weight excluding hydrogens is 378 g/mol. The lowest BCUT2D eigenvalue weighted by Crippen LogP contribution is -2.22. The molecule has 0 saturated carbocycles. The first-order chi connectivity index (χ1) is 13.5. The molecule has 28 heavy (non-hydrogen) atoms. The third-order valence-electron chi connectivity index (χ3n) is 4.03. The molecule has 6 nitrogen and oxygen atoms in total. The maximum atomic E-state index is 12.0. The van der Waals surface area contributed by atoms with E-state index in [1.165, 1.54) is 0 Å². The fourth-order valence-corrected chi connectivity index (χ4v) is 2.64. The zero-order valence-corrected chi connectivity index (χ0v) is 16.1. The van der Waals surface area contributed by atoms with Crippen LogP contribution >= 0.6 is 11.6 Å². The molecule has 0 spiro atoms. The normalized spacial score (nSPS) is 10.4. The van der Waals surface area contributed by atoms with Crippen molar-refractivity contribution in [3.63, 3.8) is 0 Å². The van der Waals surface area contributed by atoms with Gasteiger partial charge in [0.25, 0.3) is 5.91 Å². The highest BCUT2D eigenvalue weighted by atomic mass is 35.5. The number of aromatic nitrogens is 1. The van der Waals surface area contributed by atoms with Crippen LogP contribution in [-0.2, 0) is 24.9 Å². The maximum Gasteiger partial charge on any atom is 0.411 e. The Kier molecular flexibility index (Phi) is 6.34. The summed E-state index contributed by atoms with van der Waals surface area (Å²) in [7, 11) is 1.86. The zero-order valence-electron chi connectivity index (χ0n) is 15.3. The summed E-state index contributed by atoms with van der Waals surface area (Å²) >= 11 is 5.82. The maximum absolute atomic E-state index is 12.0. The number of hydrogen-bond donors (Lipinski definition) is 2. The summed E-state index contributed by atoms with van der Waals surface area (Å²) in [6.07, 6.45) is 3.04. The van der Waals surface area contributed by atoms with Crippen molar-refractivity contribution < 1.29 is 14.3 Å². The number of amides is 2. The number of aryl methyl sites for hydroxylation is 1. The van der Waals surface area contributed by atoms with E-state index in [0.29, 0.717) is 22.8 Å². The third-order valence-corrected chi connectivity index (χ3v) is 4.28. The summed E-state index contributed by atoms with van der Waals surface area (Å²) in [6, 6.07) is 16.0. The van der Waals surface area contributed by atoms with Crippen LogP contribution in [0.4, 0.5) is 10.5 Å². The molecule has 0 unspecified atom stereocenters. The van der Waals surface area contributed by atoms with Crippen molar-refractivity contribution in [1.82, 2.24) is 9.88 Å². The molecule has 3 aromatic rings. The Balaban J connectivity index is 1.45. The molecule has 2 amide bonds. The van der Waals surface area contributed by atoms with E-state index in [-0.39, 0.29) is 12.5 Å². The van der Waals surface area contributed by atoms with Crippen LogP contribution in [0.15, 0.2) is 67.0 Å². The number of benzene rings is 2. The van der Waals surface area contributed by atoms with Crippen molar-refractivity contribution in [2.75, 3.05) is 5.32 Å². The van der Waals surface area contributed by atoms with Gasteiger partial charge in [-0.05, 0) is 41.5 Å². The molecule has 0 aliphatic carbocycles. The monoisotopic (exact) mass is 397 g/mol. The summed E-state index contributed by atoms with van der Waals surface area (Å²) in [5.74, 6) is -0.131. The third kappa shape index (κ3) is 5.62. The summed E-state index contributed by atoms with van der Waals surface area (Å²) in [4.78, 5) is 23.9. The van der Waals surface area contributed by atoms with Crippen LogP contribution in [0.25, 0.3) is 0 Å². The summed E-state index contributed by atoms with van der Waals surface area (Å²) in [6.45, 7) is 0.557. The number of hydrogen-bond acceptors (Lipinski definition) is 3. The molecule has 0 aliphatic heterocycles. The number of halogens is 1. The van der Waals surface area contributed by atoms with Crippen LogP contribution in [0.1, 0.15) is 21.5 Å².